The second-order valence-corrected chi connectivity index (χ2v) is 8.70. The molecule has 1 amide bonds. The fourth-order valence-electron chi connectivity index (χ4n) is 3.80. The molecule has 3 heterocycles. The Hall–Kier alpha value is -3.03. The predicted molar refractivity (Wildman–Crippen MR) is 109 cm³/mol. The van der Waals surface area contributed by atoms with Gasteiger partial charge in [-0.05, 0) is 18.4 Å². The molecule has 0 spiro atoms. The Balaban J connectivity index is 1.65. The number of rotatable bonds is 3. The third kappa shape index (κ3) is 3.92. The molecule has 29 heavy (non-hydrogen) atoms. The van der Waals surface area contributed by atoms with Crippen molar-refractivity contribution in [3.63, 3.8) is 0 Å². The van der Waals surface area contributed by atoms with Gasteiger partial charge in [0.1, 0.15) is 5.82 Å². The maximum absolute atomic E-state index is 12.7. The van der Waals surface area contributed by atoms with Crippen molar-refractivity contribution in [2.75, 3.05) is 13.1 Å². The molecule has 1 fully saturated rings. The van der Waals surface area contributed by atoms with Crippen LogP contribution in [0.1, 0.15) is 50.9 Å². The average Bonchev–Trinajstić information content (AvgIpc) is 3.11. The van der Waals surface area contributed by atoms with E-state index in [0.717, 1.165) is 24.9 Å². The number of piperidine rings is 1. The third-order valence-electron chi connectivity index (χ3n) is 5.30. The van der Waals surface area contributed by atoms with Gasteiger partial charge in [0.15, 0.2) is 11.2 Å². The van der Waals surface area contributed by atoms with E-state index in [4.69, 9.17) is 4.98 Å². The van der Waals surface area contributed by atoms with Gasteiger partial charge in [0.25, 0.3) is 5.56 Å². The molecule has 1 aliphatic heterocycles. The molecule has 8 nitrogen and oxygen atoms in total. The van der Waals surface area contributed by atoms with E-state index < -0.39 is 5.41 Å². The second-order valence-electron chi connectivity index (χ2n) is 8.70. The molecule has 1 N–H and O–H groups in total. The standard InChI is InChI=1S/C21H26N6O2/c1-21(2,3)20(29)26-11-7-10-15(13-26)17-22-18-16(19(28)23-17)24-25-27(18)12-14-8-5-4-6-9-14/h4-6,8-9,15H,7,10-13H2,1-3H3,(H,22,23,28)/t15-/m1/s1. The summed E-state index contributed by atoms with van der Waals surface area (Å²) in [5.74, 6) is 0.721. The summed E-state index contributed by atoms with van der Waals surface area (Å²) in [6.07, 6.45) is 1.76. The van der Waals surface area contributed by atoms with Gasteiger partial charge in [0.05, 0.1) is 6.54 Å². The maximum Gasteiger partial charge on any atom is 0.281 e. The first-order valence-electron chi connectivity index (χ1n) is 9.99. The summed E-state index contributed by atoms with van der Waals surface area (Å²) in [5, 5.41) is 8.15. The number of carbonyl (C=O) groups excluding carboxylic acids is 1. The summed E-state index contributed by atoms with van der Waals surface area (Å²) in [7, 11) is 0. The molecule has 4 rings (SSSR count). The quantitative estimate of drug-likeness (QED) is 0.735. The van der Waals surface area contributed by atoms with Crippen LogP contribution in [0.3, 0.4) is 0 Å². The highest BCUT2D eigenvalue weighted by molar-refractivity contribution is 5.81. The molecule has 0 radical (unpaired) electrons. The lowest BCUT2D eigenvalue weighted by molar-refractivity contribution is -0.140. The zero-order valence-electron chi connectivity index (χ0n) is 17.1. The largest absolute Gasteiger partial charge is 0.342 e. The number of fused-ring (bicyclic) bond motifs is 1. The van der Waals surface area contributed by atoms with Crippen molar-refractivity contribution >= 4 is 17.1 Å². The molecule has 0 unspecified atom stereocenters. The topological polar surface area (TPSA) is 96.8 Å². The van der Waals surface area contributed by atoms with Crippen LogP contribution in [0, 0.1) is 5.41 Å². The number of likely N-dealkylation sites (tertiary alicyclic amines) is 1. The monoisotopic (exact) mass is 394 g/mol. The molecule has 1 atom stereocenters. The van der Waals surface area contributed by atoms with Crippen molar-refractivity contribution < 1.29 is 4.79 Å². The van der Waals surface area contributed by atoms with Crippen molar-refractivity contribution in [2.45, 2.75) is 46.1 Å². The minimum Gasteiger partial charge on any atom is -0.342 e. The van der Waals surface area contributed by atoms with Crippen LogP contribution in [0.4, 0.5) is 0 Å². The minimum absolute atomic E-state index is 0.00720. The number of nitrogens with one attached hydrogen (secondary N) is 1. The highest BCUT2D eigenvalue weighted by Gasteiger charge is 2.32. The number of aromatic amines is 1. The summed E-state index contributed by atoms with van der Waals surface area (Å²) in [6, 6.07) is 9.88. The molecular formula is C21H26N6O2. The van der Waals surface area contributed by atoms with Crippen LogP contribution in [0.5, 0.6) is 0 Å². The number of hydrogen-bond acceptors (Lipinski definition) is 5. The first-order chi connectivity index (χ1) is 13.8. The number of aromatic nitrogens is 5. The second kappa shape index (κ2) is 7.42. The van der Waals surface area contributed by atoms with Gasteiger partial charge in [-0.3, -0.25) is 9.59 Å². The SMILES string of the molecule is CC(C)(C)C(=O)N1CCC[C@@H](c2nc3c(nnn3Cc3ccccc3)c(=O)[nH]2)C1. The first-order valence-corrected chi connectivity index (χ1v) is 9.99. The van der Waals surface area contributed by atoms with Crippen LogP contribution < -0.4 is 5.56 Å². The van der Waals surface area contributed by atoms with Crippen LogP contribution in [-0.2, 0) is 11.3 Å². The Morgan fingerprint density at radius 2 is 2.00 bits per heavy atom. The van der Waals surface area contributed by atoms with E-state index in [1.165, 1.54) is 0 Å². The fourth-order valence-corrected chi connectivity index (χ4v) is 3.80. The molecule has 152 valence electrons. The van der Waals surface area contributed by atoms with Crippen LogP contribution >= 0.6 is 0 Å². The molecule has 0 bridgehead atoms. The van der Waals surface area contributed by atoms with Crippen LogP contribution in [-0.4, -0.2) is 48.9 Å². The van der Waals surface area contributed by atoms with E-state index in [1.54, 1.807) is 4.68 Å². The van der Waals surface area contributed by atoms with Crippen molar-refractivity contribution in [3.8, 4) is 0 Å². The van der Waals surface area contributed by atoms with Gasteiger partial charge >= 0.3 is 0 Å². The van der Waals surface area contributed by atoms with Gasteiger partial charge < -0.3 is 9.88 Å². The van der Waals surface area contributed by atoms with E-state index in [0.29, 0.717) is 24.6 Å². The molecule has 1 aromatic carbocycles. The van der Waals surface area contributed by atoms with Crippen LogP contribution in [0.15, 0.2) is 35.1 Å². The van der Waals surface area contributed by atoms with E-state index >= 15 is 0 Å². The van der Waals surface area contributed by atoms with Crippen molar-refractivity contribution in [1.29, 1.82) is 0 Å². The third-order valence-corrected chi connectivity index (χ3v) is 5.30. The number of carbonyl (C=O) groups is 1. The Morgan fingerprint density at radius 3 is 2.72 bits per heavy atom. The van der Waals surface area contributed by atoms with Crippen molar-refractivity contribution in [1.82, 2.24) is 29.9 Å². The number of benzene rings is 1. The molecule has 1 saturated heterocycles. The molecular weight excluding hydrogens is 368 g/mol. The lowest BCUT2D eigenvalue weighted by Gasteiger charge is -2.36. The molecule has 8 heteroatoms. The number of H-pyrrole nitrogens is 1. The maximum atomic E-state index is 12.7. The van der Waals surface area contributed by atoms with E-state index in [2.05, 4.69) is 15.3 Å². The summed E-state index contributed by atoms with van der Waals surface area (Å²) in [5.41, 5.74) is 1.06. The summed E-state index contributed by atoms with van der Waals surface area (Å²) < 4.78 is 1.66. The summed E-state index contributed by atoms with van der Waals surface area (Å²) in [6.45, 7) is 7.58. The summed E-state index contributed by atoms with van der Waals surface area (Å²) >= 11 is 0. The van der Waals surface area contributed by atoms with Gasteiger partial charge in [-0.15, -0.1) is 5.10 Å². The molecule has 0 aliphatic carbocycles. The molecule has 0 saturated carbocycles. The van der Waals surface area contributed by atoms with Crippen LogP contribution in [0.2, 0.25) is 0 Å². The average molecular weight is 394 g/mol. The van der Waals surface area contributed by atoms with Crippen molar-refractivity contribution in [2.24, 2.45) is 5.41 Å². The highest BCUT2D eigenvalue weighted by atomic mass is 16.2. The molecule has 1 aliphatic rings. The Bertz CT molecular complexity index is 1080. The number of nitrogens with zero attached hydrogens (tertiary/aromatic N) is 5. The van der Waals surface area contributed by atoms with Gasteiger partial charge in [0.2, 0.25) is 5.91 Å². The number of amides is 1. The van der Waals surface area contributed by atoms with Crippen LogP contribution in [0.25, 0.3) is 11.2 Å². The highest BCUT2D eigenvalue weighted by Crippen LogP contribution is 2.28. The van der Waals surface area contributed by atoms with Gasteiger partial charge in [-0.1, -0.05) is 56.3 Å². The zero-order chi connectivity index (χ0) is 20.6. The molecule has 3 aromatic rings. The molecule has 2 aromatic heterocycles. The first kappa shape index (κ1) is 19.3. The van der Waals surface area contributed by atoms with E-state index in [-0.39, 0.29) is 22.9 Å². The predicted octanol–water partition coefficient (Wildman–Crippen LogP) is 2.32. The van der Waals surface area contributed by atoms with Gasteiger partial charge in [0, 0.05) is 24.4 Å². The zero-order valence-corrected chi connectivity index (χ0v) is 17.1. The Labute approximate surface area is 168 Å². The van der Waals surface area contributed by atoms with E-state index in [1.807, 2.05) is 56.0 Å². The minimum atomic E-state index is -0.426. The Morgan fingerprint density at radius 1 is 1.24 bits per heavy atom. The van der Waals surface area contributed by atoms with Gasteiger partial charge in [-0.25, -0.2) is 9.67 Å². The van der Waals surface area contributed by atoms with Crippen molar-refractivity contribution in [3.05, 3.63) is 52.1 Å². The number of hydrogen-bond donors (Lipinski definition) is 1. The van der Waals surface area contributed by atoms with Gasteiger partial charge in [-0.2, -0.15) is 0 Å². The normalized spacial score (nSPS) is 17.6. The van der Waals surface area contributed by atoms with E-state index in [9.17, 15) is 9.59 Å². The Kier molecular flexibility index (Phi) is 4.94. The smallest absolute Gasteiger partial charge is 0.281 e. The summed E-state index contributed by atoms with van der Waals surface area (Å²) in [4.78, 5) is 34.8. The lowest BCUT2D eigenvalue weighted by atomic mass is 9.91. The fraction of sp³-hybridized carbons (Fsp3) is 0.476. The lowest BCUT2D eigenvalue weighted by Crippen LogP contribution is -2.45.